The third-order valence-electron chi connectivity index (χ3n) is 3.85. The summed E-state index contributed by atoms with van der Waals surface area (Å²) in [6, 6.07) is 4.80. The van der Waals surface area contributed by atoms with E-state index >= 15 is 0 Å². The molecule has 1 heterocycles. The number of likely N-dealkylation sites (tertiary alicyclic amines) is 1. The fourth-order valence-corrected chi connectivity index (χ4v) is 2.45. The summed E-state index contributed by atoms with van der Waals surface area (Å²) < 4.78 is 13.4. The van der Waals surface area contributed by atoms with Crippen LogP contribution in [0.2, 0.25) is 0 Å². The second-order valence-corrected chi connectivity index (χ2v) is 5.62. The number of aryl methyl sites for hydroxylation is 1. The van der Waals surface area contributed by atoms with Crippen LogP contribution >= 0.6 is 0 Å². The maximum absolute atomic E-state index is 13.4. The van der Waals surface area contributed by atoms with Gasteiger partial charge in [-0.1, -0.05) is 13.0 Å². The Kier molecular flexibility index (Phi) is 4.53. The highest BCUT2D eigenvalue weighted by molar-refractivity contribution is 5.91. The molecule has 0 aromatic heterocycles. The zero-order valence-electron chi connectivity index (χ0n) is 11.6. The second kappa shape index (κ2) is 6.15. The van der Waals surface area contributed by atoms with Crippen LogP contribution in [0.5, 0.6) is 0 Å². The van der Waals surface area contributed by atoms with Gasteiger partial charge in [-0.25, -0.2) is 4.39 Å². The van der Waals surface area contributed by atoms with Gasteiger partial charge >= 0.3 is 0 Å². The standard InChI is InChI=1S/C15H21FN2O/c1-11-5-7-18(8-6-11)10-15(19)17-13-4-3-12(2)14(16)9-13/h3-4,9,11H,5-8,10H2,1-2H3,(H,17,19)/p+1. The number of benzene rings is 1. The Morgan fingerprint density at radius 2 is 2.11 bits per heavy atom. The van der Waals surface area contributed by atoms with E-state index < -0.39 is 0 Å². The first-order valence-corrected chi connectivity index (χ1v) is 6.94. The maximum Gasteiger partial charge on any atom is 0.279 e. The van der Waals surface area contributed by atoms with Gasteiger partial charge in [-0.2, -0.15) is 0 Å². The number of amides is 1. The molecule has 0 saturated carbocycles. The summed E-state index contributed by atoms with van der Waals surface area (Å²) in [5.74, 6) is 0.461. The van der Waals surface area contributed by atoms with Gasteiger partial charge < -0.3 is 10.2 Å². The molecule has 0 atom stereocenters. The number of anilines is 1. The minimum absolute atomic E-state index is 0.0344. The van der Waals surface area contributed by atoms with E-state index in [2.05, 4.69) is 12.2 Å². The molecule has 2 N–H and O–H groups in total. The number of hydrogen-bond acceptors (Lipinski definition) is 1. The van der Waals surface area contributed by atoms with Crippen LogP contribution in [0.15, 0.2) is 18.2 Å². The lowest BCUT2D eigenvalue weighted by Gasteiger charge is -2.26. The number of carbonyl (C=O) groups is 1. The van der Waals surface area contributed by atoms with Gasteiger partial charge in [0.15, 0.2) is 6.54 Å². The van der Waals surface area contributed by atoms with Crippen LogP contribution in [0, 0.1) is 18.7 Å². The molecule has 3 nitrogen and oxygen atoms in total. The van der Waals surface area contributed by atoms with Crippen LogP contribution in [0.25, 0.3) is 0 Å². The highest BCUT2D eigenvalue weighted by atomic mass is 19.1. The summed E-state index contributed by atoms with van der Waals surface area (Å²) in [5, 5.41) is 2.77. The van der Waals surface area contributed by atoms with Crippen molar-refractivity contribution in [2.75, 3.05) is 25.0 Å². The monoisotopic (exact) mass is 265 g/mol. The van der Waals surface area contributed by atoms with Gasteiger partial charge in [0.05, 0.1) is 13.1 Å². The normalized spacial score (nSPS) is 23.1. The molecular weight excluding hydrogens is 243 g/mol. The molecule has 1 saturated heterocycles. The Labute approximate surface area is 113 Å². The summed E-state index contributed by atoms with van der Waals surface area (Å²) >= 11 is 0. The molecule has 2 rings (SSSR count). The van der Waals surface area contributed by atoms with Gasteiger partial charge in [-0.05, 0) is 43.4 Å². The molecule has 0 radical (unpaired) electrons. The smallest absolute Gasteiger partial charge is 0.279 e. The molecule has 1 fully saturated rings. The van der Waals surface area contributed by atoms with Gasteiger partial charge in [0.25, 0.3) is 5.91 Å². The molecule has 1 amide bonds. The predicted molar refractivity (Wildman–Crippen MR) is 73.7 cm³/mol. The quantitative estimate of drug-likeness (QED) is 0.851. The highest BCUT2D eigenvalue weighted by Crippen LogP contribution is 2.13. The fraction of sp³-hybridized carbons (Fsp3) is 0.533. The third-order valence-corrected chi connectivity index (χ3v) is 3.85. The van der Waals surface area contributed by atoms with Gasteiger partial charge in [0.2, 0.25) is 0 Å². The van der Waals surface area contributed by atoms with E-state index in [1.54, 1.807) is 19.1 Å². The molecular formula is C15H22FN2O+. The molecule has 0 spiro atoms. The van der Waals surface area contributed by atoms with Crippen molar-refractivity contribution in [1.82, 2.24) is 0 Å². The largest absolute Gasteiger partial charge is 0.327 e. The summed E-state index contributed by atoms with van der Waals surface area (Å²) in [6.07, 6.45) is 2.36. The average molecular weight is 265 g/mol. The van der Waals surface area contributed by atoms with Crippen molar-refractivity contribution in [3.8, 4) is 0 Å². The minimum Gasteiger partial charge on any atom is -0.327 e. The lowest BCUT2D eigenvalue weighted by atomic mass is 9.99. The number of hydrogen-bond donors (Lipinski definition) is 2. The minimum atomic E-state index is -0.281. The van der Waals surface area contributed by atoms with Crippen molar-refractivity contribution in [2.45, 2.75) is 26.7 Å². The van der Waals surface area contributed by atoms with Gasteiger partial charge in [0.1, 0.15) is 5.82 Å². The SMILES string of the molecule is Cc1ccc(NC(=O)C[NH+]2CCC(C)CC2)cc1F. The number of rotatable bonds is 3. The number of carbonyl (C=O) groups excluding carboxylic acids is 1. The lowest BCUT2D eigenvalue weighted by molar-refractivity contribution is -0.897. The number of nitrogens with one attached hydrogen (secondary N) is 2. The van der Waals surface area contributed by atoms with Crippen molar-refractivity contribution in [1.29, 1.82) is 0 Å². The number of halogens is 1. The summed E-state index contributed by atoms with van der Waals surface area (Å²) in [5.41, 5.74) is 1.13. The lowest BCUT2D eigenvalue weighted by Crippen LogP contribution is -3.14. The van der Waals surface area contributed by atoms with E-state index in [9.17, 15) is 9.18 Å². The third kappa shape index (κ3) is 4.03. The van der Waals surface area contributed by atoms with Gasteiger partial charge in [0, 0.05) is 5.69 Å². The molecule has 1 aliphatic rings. The molecule has 1 aromatic carbocycles. The predicted octanol–water partition coefficient (Wildman–Crippen LogP) is 1.39. The topological polar surface area (TPSA) is 33.5 Å². The Morgan fingerprint density at radius 1 is 1.42 bits per heavy atom. The van der Waals surface area contributed by atoms with Crippen LogP contribution in [-0.2, 0) is 4.79 Å². The zero-order chi connectivity index (χ0) is 13.8. The van der Waals surface area contributed by atoms with E-state index in [1.165, 1.54) is 23.8 Å². The molecule has 0 bridgehead atoms. The van der Waals surface area contributed by atoms with Gasteiger partial charge in [-0.15, -0.1) is 0 Å². The number of quaternary nitrogens is 1. The van der Waals surface area contributed by atoms with E-state index in [1.807, 2.05) is 0 Å². The van der Waals surface area contributed by atoms with Crippen LogP contribution in [0.4, 0.5) is 10.1 Å². The molecule has 104 valence electrons. The molecule has 19 heavy (non-hydrogen) atoms. The zero-order valence-corrected chi connectivity index (χ0v) is 11.6. The van der Waals surface area contributed by atoms with Crippen LogP contribution < -0.4 is 10.2 Å². The maximum atomic E-state index is 13.4. The summed E-state index contributed by atoms with van der Waals surface area (Å²) in [4.78, 5) is 13.2. The average Bonchev–Trinajstić information content (AvgIpc) is 2.37. The Morgan fingerprint density at radius 3 is 2.74 bits per heavy atom. The molecule has 4 heteroatoms. The van der Waals surface area contributed by atoms with Crippen LogP contribution in [0.1, 0.15) is 25.3 Å². The second-order valence-electron chi connectivity index (χ2n) is 5.62. The van der Waals surface area contributed by atoms with Crippen molar-refractivity contribution in [3.63, 3.8) is 0 Å². The summed E-state index contributed by atoms with van der Waals surface area (Å²) in [6.45, 7) is 6.54. The molecule has 1 aromatic rings. The van der Waals surface area contributed by atoms with Crippen molar-refractivity contribution < 1.29 is 14.1 Å². The first-order valence-electron chi connectivity index (χ1n) is 6.94. The van der Waals surface area contributed by atoms with E-state index in [4.69, 9.17) is 0 Å². The Hall–Kier alpha value is -1.42. The molecule has 1 aliphatic heterocycles. The first kappa shape index (κ1) is 14.0. The van der Waals surface area contributed by atoms with E-state index in [0.717, 1.165) is 19.0 Å². The number of piperidine rings is 1. The molecule has 0 unspecified atom stereocenters. The van der Waals surface area contributed by atoms with Crippen LogP contribution in [-0.4, -0.2) is 25.5 Å². The van der Waals surface area contributed by atoms with Crippen molar-refractivity contribution in [3.05, 3.63) is 29.6 Å². The molecule has 0 aliphatic carbocycles. The Bertz CT molecular complexity index is 453. The van der Waals surface area contributed by atoms with Gasteiger partial charge in [-0.3, -0.25) is 4.79 Å². The van der Waals surface area contributed by atoms with Crippen LogP contribution in [0.3, 0.4) is 0 Å². The Balaban J connectivity index is 1.85. The van der Waals surface area contributed by atoms with Crippen molar-refractivity contribution in [2.24, 2.45) is 5.92 Å². The van der Waals surface area contributed by atoms with Crippen molar-refractivity contribution >= 4 is 11.6 Å². The van der Waals surface area contributed by atoms with E-state index in [-0.39, 0.29) is 11.7 Å². The van der Waals surface area contributed by atoms with E-state index in [0.29, 0.717) is 17.8 Å². The summed E-state index contributed by atoms with van der Waals surface area (Å²) in [7, 11) is 0. The first-order chi connectivity index (χ1) is 9.04. The fourth-order valence-electron chi connectivity index (χ4n) is 2.45. The highest BCUT2D eigenvalue weighted by Gasteiger charge is 2.21.